The minimum atomic E-state index is -3.71. The quantitative estimate of drug-likeness (QED) is 0.375. The summed E-state index contributed by atoms with van der Waals surface area (Å²) in [6.45, 7) is 2.98. The van der Waals surface area contributed by atoms with Crippen molar-refractivity contribution in [3.05, 3.63) is 54.1 Å². The lowest BCUT2D eigenvalue weighted by Crippen LogP contribution is -2.25. The molecule has 0 aliphatic rings. The van der Waals surface area contributed by atoms with Crippen molar-refractivity contribution >= 4 is 31.6 Å². The lowest BCUT2D eigenvalue weighted by Gasteiger charge is -2.10. The molecule has 0 aliphatic carbocycles. The second-order valence-electron chi connectivity index (χ2n) is 7.00. The van der Waals surface area contributed by atoms with Crippen molar-refractivity contribution < 1.29 is 26.4 Å². The molecule has 2 rings (SSSR count). The molecular formula is C21H29N3O6S2. The highest BCUT2D eigenvalue weighted by Crippen LogP contribution is 2.17. The highest BCUT2D eigenvalue weighted by Gasteiger charge is 2.17. The van der Waals surface area contributed by atoms with E-state index in [1.807, 2.05) is 6.92 Å². The molecule has 0 aliphatic heterocycles. The first-order chi connectivity index (χ1) is 15.2. The Balaban J connectivity index is 2.05. The van der Waals surface area contributed by atoms with Crippen molar-refractivity contribution in [2.45, 2.75) is 36.0 Å². The number of nitrogens with one attached hydrogen (secondary N) is 3. The highest BCUT2D eigenvalue weighted by atomic mass is 32.2. The minimum Gasteiger partial charge on any atom is -0.385 e. The maximum Gasteiger partial charge on any atom is 0.255 e. The molecule has 0 spiro atoms. The maximum absolute atomic E-state index is 12.6. The molecule has 2 aromatic carbocycles. The number of unbranched alkanes of at least 4 members (excludes halogenated alkanes) is 1. The Kier molecular flexibility index (Phi) is 9.79. The fraction of sp³-hybridized carbons (Fsp3) is 0.381. The summed E-state index contributed by atoms with van der Waals surface area (Å²) in [5.41, 5.74) is 0.544. The van der Waals surface area contributed by atoms with Crippen molar-refractivity contribution in [3.8, 4) is 0 Å². The van der Waals surface area contributed by atoms with Crippen molar-refractivity contribution in [1.82, 2.24) is 9.44 Å². The molecule has 0 saturated heterocycles. The largest absolute Gasteiger partial charge is 0.385 e. The summed E-state index contributed by atoms with van der Waals surface area (Å²) in [4.78, 5) is 12.6. The molecule has 0 bridgehead atoms. The summed E-state index contributed by atoms with van der Waals surface area (Å²) < 4.78 is 59.2. The molecule has 2 aromatic rings. The molecule has 0 saturated carbocycles. The number of benzene rings is 2. The molecule has 3 N–H and O–H groups in total. The Morgan fingerprint density at radius 2 is 1.50 bits per heavy atom. The van der Waals surface area contributed by atoms with Gasteiger partial charge in [0, 0.05) is 38.1 Å². The molecule has 176 valence electrons. The zero-order valence-corrected chi connectivity index (χ0v) is 19.8. The zero-order chi connectivity index (χ0) is 23.6. The van der Waals surface area contributed by atoms with Crippen molar-refractivity contribution in [3.63, 3.8) is 0 Å². The third-order valence-corrected chi connectivity index (χ3v) is 7.40. The highest BCUT2D eigenvalue weighted by molar-refractivity contribution is 7.89. The first-order valence-corrected chi connectivity index (χ1v) is 13.2. The van der Waals surface area contributed by atoms with Crippen LogP contribution in [0.15, 0.2) is 58.3 Å². The molecule has 9 nitrogen and oxygen atoms in total. The second-order valence-corrected chi connectivity index (χ2v) is 10.5. The molecule has 11 heteroatoms. The van der Waals surface area contributed by atoms with E-state index in [0.29, 0.717) is 31.7 Å². The molecule has 0 heterocycles. The lowest BCUT2D eigenvalue weighted by molar-refractivity contribution is 0.102. The average Bonchev–Trinajstić information content (AvgIpc) is 2.77. The third kappa shape index (κ3) is 7.68. The van der Waals surface area contributed by atoms with Crippen LogP contribution in [0, 0.1) is 0 Å². The van der Waals surface area contributed by atoms with Crippen LogP contribution in [-0.4, -0.2) is 49.5 Å². The Hall–Kier alpha value is -2.31. The normalized spacial score (nSPS) is 11.9. The average molecular weight is 484 g/mol. The van der Waals surface area contributed by atoms with Crippen LogP contribution >= 0.6 is 0 Å². The van der Waals surface area contributed by atoms with Gasteiger partial charge in [-0.2, -0.15) is 0 Å². The summed E-state index contributed by atoms with van der Waals surface area (Å²) >= 11 is 0. The van der Waals surface area contributed by atoms with Gasteiger partial charge >= 0.3 is 0 Å². The number of amides is 1. The number of ether oxygens (including phenoxy) is 1. The third-order valence-electron chi connectivity index (χ3n) is 4.47. The molecule has 32 heavy (non-hydrogen) atoms. The van der Waals surface area contributed by atoms with Gasteiger partial charge < -0.3 is 10.1 Å². The van der Waals surface area contributed by atoms with Gasteiger partial charge in [0.2, 0.25) is 20.0 Å². The summed E-state index contributed by atoms with van der Waals surface area (Å²) in [5.74, 6) is -0.510. The number of methoxy groups -OCH3 is 1. The van der Waals surface area contributed by atoms with Crippen LogP contribution in [0.25, 0.3) is 0 Å². The van der Waals surface area contributed by atoms with Gasteiger partial charge in [-0.15, -0.1) is 0 Å². The van der Waals surface area contributed by atoms with E-state index in [4.69, 9.17) is 4.74 Å². The predicted octanol–water partition coefficient (Wildman–Crippen LogP) is 2.33. The van der Waals surface area contributed by atoms with Crippen molar-refractivity contribution in [2.75, 3.05) is 32.1 Å². The summed E-state index contributed by atoms with van der Waals surface area (Å²) in [6, 6.07) is 11.4. The first kappa shape index (κ1) is 25.9. The molecule has 0 radical (unpaired) electrons. The van der Waals surface area contributed by atoms with Crippen LogP contribution in [0.3, 0.4) is 0 Å². The van der Waals surface area contributed by atoms with E-state index >= 15 is 0 Å². The van der Waals surface area contributed by atoms with Gasteiger partial charge in [-0.1, -0.05) is 19.4 Å². The smallest absolute Gasteiger partial charge is 0.255 e. The monoisotopic (exact) mass is 483 g/mol. The van der Waals surface area contributed by atoms with E-state index in [9.17, 15) is 21.6 Å². The first-order valence-electron chi connectivity index (χ1n) is 10.2. The Morgan fingerprint density at radius 3 is 2.12 bits per heavy atom. The van der Waals surface area contributed by atoms with E-state index in [1.165, 1.54) is 48.5 Å². The maximum atomic E-state index is 12.6. The molecule has 1 amide bonds. The predicted molar refractivity (Wildman–Crippen MR) is 123 cm³/mol. The molecule has 0 fully saturated rings. The minimum absolute atomic E-state index is 0.00208. The topological polar surface area (TPSA) is 131 Å². The molecule has 0 atom stereocenters. The zero-order valence-electron chi connectivity index (χ0n) is 18.1. The number of hydrogen-bond acceptors (Lipinski definition) is 6. The van der Waals surface area contributed by atoms with E-state index in [-0.39, 0.29) is 21.9 Å². The summed E-state index contributed by atoms with van der Waals surface area (Å²) in [7, 11) is -5.83. The van der Waals surface area contributed by atoms with Gasteiger partial charge in [0.15, 0.2) is 0 Å². The number of hydrogen-bond donors (Lipinski definition) is 3. The molecule has 0 unspecified atom stereocenters. The lowest BCUT2D eigenvalue weighted by atomic mass is 10.2. The van der Waals surface area contributed by atoms with Gasteiger partial charge in [0.25, 0.3) is 5.91 Å². The number of rotatable bonds is 13. The van der Waals surface area contributed by atoms with E-state index < -0.39 is 26.0 Å². The van der Waals surface area contributed by atoms with Gasteiger partial charge in [-0.25, -0.2) is 26.3 Å². The van der Waals surface area contributed by atoms with Crippen LogP contribution in [0.2, 0.25) is 0 Å². The standard InChI is InChI=1S/C21H29N3O6S2/c1-3-4-13-22-32(28,29)20-8-5-7-17(16-20)21(25)24-18-9-11-19(12-10-18)31(26,27)23-14-6-15-30-2/h5,7-12,16,22-23H,3-4,6,13-15H2,1-2H3,(H,24,25). The van der Waals surface area contributed by atoms with Gasteiger partial charge in [-0.3, -0.25) is 4.79 Å². The molecular weight excluding hydrogens is 454 g/mol. The van der Waals surface area contributed by atoms with Gasteiger partial charge in [0.05, 0.1) is 9.79 Å². The Morgan fingerprint density at radius 1 is 0.875 bits per heavy atom. The Bertz CT molecular complexity index is 1100. The van der Waals surface area contributed by atoms with E-state index in [0.717, 1.165) is 6.42 Å². The summed E-state index contributed by atoms with van der Waals surface area (Å²) in [5, 5.41) is 2.64. The van der Waals surface area contributed by atoms with Crippen LogP contribution in [0.4, 0.5) is 5.69 Å². The van der Waals surface area contributed by atoms with Crippen LogP contribution in [0.1, 0.15) is 36.5 Å². The number of anilines is 1. The fourth-order valence-electron chi connectivity index (χ4n) is 2.70. The van der Waals surface area contributed by atoms with E-state index in [2.05, 4.69) is 14.8 Å². The Labute approximate surface area is 189 Å². The second kappa shape index (κ2) is 12.1. The van der Waals surface area contributed by atoms with Crippen molar-refractivity contribution in [1.29, 1.82) is 0 Å². The van der Waals surface area contributed by atoms with Gasteiger partial charge in [-0.05, 0) is 55.3 Å². The number of carbonyl (C=O) groups excluding carboxylic acids is 1. The van der Waals surface area contributed by atoms with Crippen molar-refractivity contribution in [2.24, 2.45) is 0 Å². The SMILES string of the molecule is CCCCNS(=O)(=O)c1cccc(C(=O)Nc2ccc(S(=O)(=O)NCCCOC)cc2)c1. The van der Waals surface area contributed by atoms with Crippen LogP contribution < -0.4 is 14.8 Å². The van der Waals surface area contributed by atoms with Crippen LogP contribution in [0.5, 0.6) is 0 Å². The van der Waals surface area contributed by atoms with Gasteiger partial charge in [0.1, 0.15) is 0 Å². The molecule has 0 aromatic heterocycles. The fourth-order valence-corrected chi connectivity index (χ4v) is 4.89. The summed E-state index contributed by atoms with van der Waals surface area (Å²) in [6.07, 6.45) is 2.12. The number of sulfonamides is 2. The number of carbonyl (C=O) groups is 1. The van der Waals surface area contributed by atoms with E-state index in [1.54, 1.807) is 7.11 Å². The van der Waals surface area contributed by atoms with Crippen LogP contribution in [-0.2, 0) is 24.8 Å².